The lowest BCUT2D eigenvalue weighted by Crippen LogP contribution is -2.62. The van der Waals surface area contributed by atoms with Gasteiger partial charge in [0.15, 0.2) is 0 Å². The van der Waals surface area contributed by atoms with E-state index in [0.717, 1.165) is 0 Å². The molecule has 100 valence electrons. The van der Waals surface area contributed by atoms with Crippen LogP contribution in [0, 0.1) is 16.7 Å². The van der Waals surface area contributed by atoms with Gasteiger partial charge < -0.3 is 10.1 Å². The van der Waals surface area contributed by atoms with Crippen molar-refractivity contribution in [3.63, 3.8) is 0 Å². The molecule has 0 aromatic heterocycles. The van der Waals surface area contributed by atoms with E-state index >= 15 is 0 Å². The lowest BCUT2D eigenvalue weighted by molar-refractivity contribution is -0.135. The Balaban J connectivity index is 3.37. The van der Waals surface area contributed by atoms with E-state index < -0.39 is 5.60 Å². The Bertz CT molecular complexity index is 293. The maximum Gasteiger partial charge on any atom is 0.408 e. The molecule has 0 aromatic rings. The van der Waals surface area contributed by atoms with E-state index in [0.29, 0.717) is 5.92 Å². The van der Waals surface area contributed by atoms with Crippen molar-refractivity contribution >= 4 is 6.09 Å². The summed E-state index contributed by atoms with van der Waals surface area (Å²) in [5.74, 6) is 0.347. The van der Waals surface area contributed by atoms with Crippen molar-refractivity contribution in [3.05, 3.63) is 0 Å². The van der Waals surface area contributed by atoms with Gasteiger partial charge in [0.05, 0.1) is 6.04 Å². The molecule has 1 rings (SSSR count). The van der Waals surface area contributed by atoms with Crippen LogP contribution in [0.4, 0.5) is 4.79 Å². The summed E-state index contributed by atoms with van der Waals surface area (Å²) in [5.41, 5.74) is -0.704. The second kappa shape index (κ2) is 3.89. The van der Waals surface area contributed by atoms with Crippen molar-refractivity contribution in [1.29, 1.82) is 0 Å². The normalized spacial score (nSPS) is 24.8. The molecule has 3 heteroatoms. The van der Waals surface area contributed by atoms with Crippen LogP contribution < -0.4 is 5.32 Å². The number of ether oxygens (including phenoxy) is 1. The van der Waals surface area contributed by atoms with Gasteiger partial charge in [0.1, 0.15) is 5.60 Å². The summed E-state index contributed by atoms with van der Waals surface area (Å²) in [5, 5.41) is 3.00. The highest BCUT2D eigenvalue weighted by atomic mass is 16.6. The number of amides is 1. The van der Waals surface area contributed by atoms with Gasteiger partial charge >= 0.3 is 6.09 Å². The van der Waals surface area contributed by atoms with Gasteiger partial charge in [-0.2, -0.15) is 0 Å². The third-order valence-electron chi connectivity index (χ3n) is 3.86. The van der Waals surface area contributed by atoms with Crippen LogP contribution in [-0.4, -0.2) is 17.7 Å². The van der Waals surface area contributed by atoms with E-state index in [-0.39, 0.29) is 23.0 Å². The molecular formula is C14H27NO2. The minimum Gasteiger partial charge on any atom is -0.440 e. The molecule has 1 saturated heterocycles. The molecule has 1 heterocycles. The van der Waals surface area contributed by atoms with E-state index in [4.69, 9.17) is 4.74 Å². The van der Waals surface area contributed by atoms with Crippen molar-refractivity contribution < 1.29 is 9.53 Å². The van der Waals surface area contributed by atoms with E-state index in [9.17, 15) is 4.79 Å². The summed E-state index contributed by atoms with van der Waals surface area (Å²) in [4.78, 5) is 11.7. The fourth-order valence-electron chi connectivity index (χ4n) is 3.47. The summed E-state index contributed by atoms with van der Waals surface area (Å²) in [7, 11) is 0. The molecule has 1 aliphatic heterocycles. The van der Waals surface area contributed by atoms with Gasteiger partial charge in [-0.3, -0.25) is 0 Å². The zero-order valence-electron chi connectivity index (χ0n) is 12.5. The van der Waals surface area contributed by atoms with Crippen molar-refractivity contribution in [1.82, 2.24) is 5.32 Å². The average molecular weight is 241 g/mol. The summed E-state index contributed by atoms with van der Waals surface area (Å²) in [6, 6.07) is 0.0509. The summed E-state index contributed by atoms with van der Waals surface area (Å²) < 4.78 is 5.80. The summed E-state index contributed by atoms with van der Waals surface area (Å²) in [6.45, 7) is 17.1. The van der Waals surface area contributed by atoms with Gasteiger partial charge in [0.25, 0.3) is 0 Å². The van der Waals surface area contributed by atoms with Crippen molar-refractivity contribution in [2.45, 2.75) is 67.0 Å². The minimum absolute atomic E-state index is 0.0509. The first-order chi connectivity index (χ1) is 7.43. The van der Waals surface area contributed by atoms with E-state index in [2.05, 4.69) is 60.7 Å². The molecule has 0 aliphatic carbocycles. The zero-order valence-corrected chi connectivity index (χ0v) is 12.5. The highest BCUT2D eigenvalue weighted by molar-refractivity contribution is 5.71. The van der Waals surface area contributed by atoms with Crippen molar-refractivity contribution in [2.75, 3.05) is 0 Å². The third-order valence-corrected chi connectivity index (χ3v) is 3.86. The number of rotatable bonds is 1. The van der Waals surface area contributed by atoms with E-state index in [1.165, 1.54) is 0 Å². The van der Waals surface area contributed by atoms with Crippen LogP contribution in [0.1, 0.15) is 55.4 Å². The molecule has 17 heavy (non-hydrogen) atoms. The van der Waals surface area contributed by atoms with Gasteiger partial charge in [-0.1, -0.05) is 55.4 Å². The minimum atomic E-state index is -0.481. The molecule has 1 amide bonds. The molecule has 0 radical (unpaired) electrons. The molecule has 1 aliphatic rings. The third kappa shape index (κ3) is 2.04. The monoisotopic (exact) mass is 241 g/mol. The van der Waals surface area contributed by atoms with Crippen molar-refractivity contribution in [2.24, 2.45) is 16.7 Å². The summed E-state index contributed by atoms with van der Waals surface area (Å²) >= 11 is 0. The number of cyclic esters (lactones) is 1. The molecule has 1 unspecified atom stereocenters. The second-order valence-corrected chi connectivity index (χ2v) is 7.49. The van der Waals surface area contributed by atoms with Gasteiger partial charge in [-0.25, -0.2) is 4.79 Å². The van der Waals surface area contributed by atoms with Crippen LogP contribution in [0.25, 0.3) is 0 Å². The molecule has 0 bridgehead atoms. The largest absolute Gasteiger partial charge is 0.440 e. The smallest absolute Gasteiger partial charge is 0.408 e. The van der Waals surface area contributed by atoms with Crippen LogP contribution >= 0.6 is 0 Å². The number of carbonyl (C=O) groups excluding carboxylic acids is 1. The standard InChI is InChI=1S/C14H27NO2/c1-9(2)10-14(12(3,4)5,13(6,7)8)17-11(16)15-10/h9-10H,1-8H3,(H,15,16). The molecule has 1 fully saturated rings. The SMILES string of the molecule is CC(C)C1NC(=O)OC1(C(C)(C)C)C(C)(C)C. The highest BCUT2D eigenvalue weighted by Gasteiger charge is 2.63. The van der Waals surface area contributed by atoms with E-state index in [1.807, 2.05) is 0 Å². The van der Waals surface area contributed by atoms with Crippen molar-refractivity contribution in [3.8, 4) is 0 Å². The molecule has 0 saturated carbocycles. The number of carbonyl (C=O) groups is 1. The first-order valence-electron chi connectivity index (χ1n) is 6.43. The topological polar surface area (TPSA) is 38.3 Å². The lowest BCUT2D eigenvalue weighted by Gasteiger charge is -2.52. The van der Waals surface area contributed by atoms with Crippen LogP contribution in [0.15, 0.2) is 0 Å². The van der Waals surface area contributed by atoms with Gasteiger partial charge in [-0.15, -0.1) is 0 Å². The van der Waals surface area contributed by atoms with Gasteiger partial charge in [0, 0.05) is 10.8 Å². The van der Waals surface area contributed by atoms with Crippen LogP contribution in [0.5, 0.6) is 0 Å². The fourth-order valence-corrected chi connectivity index (χ4v) is 3.47. The van der Waals surface area contributed by atoms with E-state index in [1.54, 1.807) is 0 Å². The second-order valence-electron chi connectivity index (χ2n) is 7.49. The Kier molecular flexibility index (Phi) is 3.28. The number of nitrogens with one attached hydrogen (secondary N) is 1. The maximum atomic E-state index is 11.7. The lowest BCUT2D eigenvalue weighted by atomic mass is 9.57. The first kappa shape index (κ1) is 14.3. The molecular weight excluding hydrogens is 214 g/mol. The maximum absolute atomic E-state index is 11.7. The van der Waals surface area contributed by atoms with Gasteiger partial charge in [-0.05, 0) is 5.92 Å². The Hall–Kier alpha value is -0.730. The highest BCUT2D eigenvalue weighted by Crippen LogP contribution is 2.52. The molecule has 3 nitrogen and oxygen atoms in total. The van der Waals surface area contributed by atoms with Crippen LogP contribution in [0.2, 0.25) is 0 Å². The van der Waals surface area contributed by atoms with Gasteiger partial charge in [0.2, 0.25) is 0 Å². The first-order valence-corrected chi connectivity index (χ1v) is 6.43. The number of hydrogen-bond donors (Lipinski definition) is 1. The molecule has 0 spiro atoms. The predicted molar refractivity (Wildman–Crippen MR) is 69.9 cm³/mol. The quantitative estimate of drug-likeness (QED) is 0.762. The Morgan fingerprint density at radius 1 is 1.12 bits per heavy atom. The molecule has 1 N–H and O–H groups in total. The molecule has 0 aromatic carbocycles. The summed E-state index contributed by atoms with van der Waals surface area (Å²) in [6.07, 6.45) is -0.284. The van der Waals surface area contributed by atoms with Crippen LogP contribution in [0.3, 0.4) is 0 Å². The Morgan fingerprint density at radius 3 is 1.76 bits per heavy atom. The Morgan fingerprint density at radius 2 is 1.53 bits per heavy atom. The number of alkyl carbamates (subject to hydrolysis) is 1. The fraction of sp³-hybridized carbons (Fsp3) is 0.929. The average Bonchev–Trinajstić information content (AvgIpc) is 2.41. The number of hydrogen-bond acceptors (Lipinski definition) is 2. The van der Waals surface area contributed by atoms with Crippen LogP contribution in [-0.2, 0) is 4.74 Å². The Labute approximate surface area is 105 Å². The zero-order chi connectivity index (χ0) is 13.6. The molecule has 1 atom stereocenters. The predicted octanol–water partition coefficient (Wildman–Crippen LogP) is 3.58.